The van der Waals surface area contributed by atoms with Gasteiger partial charge in [0, 0.05) is 12.0 Å². The highest BCUT2D eigenvalue weighted by molar-refractivity contribution is 5.99. The Kier molecular flexibility index (Phi) is 3.52. The fraction of sp³-hybridized carbons (Fsp3) is 0.810. The molecule has 4 aliphatic rings. The van der Waals surface area contributed by atoms with Gasteiger partial charge in [0.05, 0.1) is 18.1 Å². The largest absolute Gasteiger partial charge is 0.393 e. The lowest BCUT2D eigenvalue weighted by molar-refractivity contribution is -0.123. The van der Waals surface area contributed by atoms with Crippen LogP contribution in [0.1, 0.15) is 65.7 Å². The van der Waals surface area contributed by atoms with Crippen LogP contribution in [0.3, 0.4) is 0 Å². The van der Waals surface area contributed by atoms with Crippen LogP contribution in [-0.4, -0.2) is 17.0 Å². The van der Waals surface area contributed by atoms with Gasteiger partial charge in [-0.05, 0) is 67.1 Å². The molecule has 2 saturated carbocycles. The van der Waals surface area contributed by atoms with Crippen LogP contribution in [0.15, 0.2) is 11.1 Å². The molecule has 0 spiro atoms. The van der Waals surface area contributed by atoms with Crippen molar-refractivity contribution >= 4 is 5.78 Å². The van der Waals surface area contributed by atoms with Gasteiger partial charge in [0.25, 0.3) is 0 Å². The first-order valence-electron chi connectivity index (χ1n) is 9.67. The molecule has 0 aromatic carbocycles. The Bertz CT molecular complexity index is 659. The smallest absolute Gasteiger partial charge is 0.160 e. The first kappa shape index (κ1) is 16.3. The standard InChI is InChI=1S/C21H29NO2/c1-12-15-7-5-14-16-6-4-13(11-22)21(16,3)10-18(24)19(14)20(15,2)9-8-17(12)23/h12-13,15-17,23H,4-10H2,1-3H3. The monoisotopic (exact) mass is 327 g/mol. The number of hydrogen-bond donors (Lipinski definition) is 1. The molecule has 7 unspecified atom stereocenters. The molecular formula is C21H29NO2. The van der Waals surface area contributed by atoms with E-state index in [-0.39, 0.29) is 28.8 Å². The predicted molar refractivity (Wildman–Crippen MR) is 91.8 cm³/mol. The van der Waals surface area contributed by atoms with Gasteiger partial charge in [-0.25, -0.2) is 0 Å². The lowest BCUT2D eigenvalue weighted by Crippen LogP contribution is -2.51. The van der Waals surface area contributed by atoms with E-state index in [0.29, 0.717) is 24.0 Å². The van der Waals surface area contributed by atoms with Crippen LogP contribution in [-0.2, 0) is 4.79 Å². The first-order valence-corrected chi connectivity index (χ1v) is 9.67. The van der Waals surface area contributed by atoms with Gasteiger partial charge in [0.1, 0.15) is 0 Å². The van der Waals surface area contributed by atoms with Crippen molar-refractivity contribution in [1.82, 2.24) is 0 Å². The van der Waals surface area contributed by atoms with E-state index >= 15 is 0 Å². The Balaban J connectivity index is 1.81. The maximum atomic E-state index is 13.3. The lowest BCUT2D eigenvalue weighted by atomic mass is 9.49. The van der Waals surface area contributed by atoms with Gasteiger partial charge in [-0.1, -0.05) is 26.3 Å². The third-order valence-corrected chi connectivity index (χ3v) is 8.37. The SMILES string of the molecule is CC1C(O)CCC2(C)C3=C(CCC12)C1CCC(C#N)C1(C)CC3=O. The molecule has 0 heterocycles. The van der Waals surface area contributed by atoms with Gasteiger partial charge in [-0.2, -0.15) is 5.26 Å². The fourth-order valence-corrected chi connectivity index (χ4v) is 6.99. The van der Waals surface area contributed by atoms with E-state index in [1.807, 2.05) is 0 Å². The van der Waals surface area contributed by atoms with Crippen molar-refractivity contribution in [2.24, 2.45) is 34.5 Å². The van der Waals surface area contributed by atoms with Crippen LogP contribution in [0, 0.1) is 45.8 Å². The third-order valence-electron chi connectivity index (χ3n) is 8.37. The van der Waals surface area contributed by atoms with Gasteiger partial charge < -0.3 is 5.11 Å². The minimum Gasteiger partial charge on any atom is -0.393 e. The van der Waals surface area contributed by atoms with E-state index in [0.717, 1.165) is 44.1 Å². The van der Waals surface area contributed by atoms with Gasteiger partial charge in [0.15, 0.2) is 5.78 Å². The van der Waals surface area contributed by atoms with Crippen LogP contribution in [0.2, 0.25) is 0 Å². The molecular weight excluding hydrogens is 298 g/mol. The van der Waals surface area contributed by atoms with Crippen LogP contribution < -0.4 is 0 Å². The predicted octanol–water partition coefficient (Wildman–Crippen LogP) is 4.02. The number of fused-ring (bicyclic) bond motifs is 4. The number of nitriles is 1. The number of allylic oxidation sites excluding steroid dienone is 2. The number of Topliss-reactive ketones (excluding diaryl/α,β-unsaturated/α-hetero) is 1. The van der Waals surface area contributed by atoms with Crippen LogP contribution in [0.25, 0.3) is 0 Å². The molecule has 0 amide bonds. The molecule has 2 fully saturated rings. The molecule has 0 radical (unpaired) electrons. The van der Waals surface area contributed by atoms with Gasteiger partial charge >= 0.3 is 0 Å². The number of rotatable bonds is 0. The zero-order valence-electron chi connectivity index (χ0n) is 15.1. The van der Waals surface area contributed by atoms with Gasteiger partial charge in [-0.3, -0.25) is 4.79 Å². The average molecular weight is 327 g/mol. The number of hydrogen-bond acceptors (Lipinski definition) is 3. The van der Waals surface area contributed by atoms with E-state index in [4.69, 9.17) is 0 Å². The minimum atomic E-state index is -0.219. The van der Waals surface area contributed by atoms with Crippen molar-refractivity contribution in [2.45, 2.75) is 71.8 Å². The molecule has 3 heteroatoms. The quantitative estimate of drug-likeness (QED) is 0.731. The van der Waals surface area contributed by atoms with Crippen molar-refractivity contribution in [3.63, 3.8) is 0 Å². The molecule has 0 saturated heterocycles. The molecule has 4 rings (SSSR count). The topological polar surface area (TPSA) is 61.1 Å². The summed E-state index contributed by atoms with van der Waals surface area (Å²) in [7, 11) is 0. The summed E-state index contributed by atoms with van der Waals surface area (Å²) in [6, 6.07) is 2.49. The highest BCUT2D eigenvalue weighted by Gasteiger charge is 2.59. The molecule has 3 nitrogen and oxygen atoms in total. The summed E-state index contributed by atoms with van der Waals surface area (Å²) in [5.41, 5.74) is 2.32. The number of carbonyl (C=O) groups is 1. The Hall–Kier alpha value is -1.14. The number of carbonyl (C=O) groups excluding carboxylic acids is 1. The second-order valence-corrected chi connectivity index (χ2v) is 9.35. The lowest BCUT2D eigenvalue weighted by Gasteiger charge is -2.55. The van der Waals surface area contributed by atoms with E-state index in [1.54, 1.807) is 0 Å². The summed E-state index contributed by atoms with van der Waals surface area (Å²) in [5.74, 6) is 1.45. The summed E-state index contributed by atoms with van der Waals surface area (Å²) in [5, 5.41) is 19.9. The molecule has 130 valence electrons. The van der Waals surface area contributed by atoms with Crippen molar-refractivity contribution in [1.29, 1.82) is 5.26 Å². The van der Waals surface area contributed by atoms with Crippen LogP contribution in [0.5, 0.6) is 0 Å². The maximum absolute atomic E-state index is 13.3. The molecule has 0 aromatic heterocycles. The number of ketones is 1. The summed E-state index contributed by atoms with van der Waals surface area (Å²) in [6.07, 6.45) is 6.16. The average Bonchev–Trinajstić information content (AvgIpc) is 2.86. The fourth-order valence-electron chi connectivity index (χ4n) is 6.99. The van der Waals surface area contributed by atoms with Crippen molar-refractivity contribution < 1.29 is 9.90 Å². The zero-order valence-corrected chi connectivity index (χ0v) is 15.1. The number of nitrogens with zero attached hydrogens (tertiary/aromatic N) is 1. The van der Waals surface area contributed by atoms with Crippen molar-refractivity contribution in [3.05, 3.63) is 11.1 Å². The van der Waals surface area contributed by atoms with Crippen LogP contribution in [0.4, 0.5) is 0 Å². The summed E-state index contributed by atoms with van der Waals surface area (Å²) < 4.78 is 0. The molecule has 24 heavy (non-hydrogen) atoms. The van der Waals surface area contributed by atoms with Crippen molar-refractivity contribution in [3.8, 4) is 6.07 Å². The maximum Gasteiger partial charge on any atom is 0.160 e. The molecule has 0 bridgehead atoms. The van der Waals surface area contributed by atoms with E-state index in [9.17, 15) is 15.2 Å². The molecule has 0 aliphatic heterocycles. The third kappa shape index (κ3) is 1.90. The Labute approximate surface area is 145 Å². The number of aliphatic hydroxyl groups excluding tert-OH is 1. The highest BCUT2D eigenvalue weighted by atomic mass is 16.3. The summed E-state index contributed by atoms with van der Waals surface area (Å²) >= 11 is 0. The first-order chi connectivity index (χ1) is 11.3. The summed E-state index contributed by atoms with van der Waals surface area (Å²) in [6.45, 7) is 6.63. The summed E-state index contributed by atoms with van der Waals surface area (Å²) in [4.78, 5) is 13.3. The molecule has 7 atom stereocenters. The molecule has 0 aromatic rings. The minimum absolute atomic E-state index is 0.0260. The second kappa shape index (κ2) is 5.18. The second-order valence-electron chi connectivity index (χ2n) is 9.35. The van der Waals surface area contributed by atoms with E-state index in [1.165, 1.54) is 5.57 Å². The Morgan fingerprint density at radius 2 is 1.96 bits per heavy atom. The molecule has 1 N–H and O–H groups in total. The highest BCUT2D eigenvalue weighted by Crippen LogP contribution is 2.64. The Morgan fingerprint density at radius 3 is 2.67 bits per heavy atom. The van der Waals surface area contributed by atoms with E-state index in [2.05, 4.69) is 26.8 Å². The normalized spacial score (nSPS) is 50.8. The van der Waals surface area contributed by atoms with E-state index < -0.39 is 0 Å². The molecule has 4 aliphatic carbocycles. The number of aliphatic hydroxyl groups is 1. The Morgan fingerprint density at radius 1 is 1.21 bits per heavy atom. The zero-order chi connectivity index (χ0) is 17.3. The van der Waals surface area contributed by atoms with Crippen LogP contribution >= 0.6 is 0 Å². The van der Waals surface area contributed by atoms with Gasteiger partial charge in [-0.15, -0.1) is 0 Å². The van der Waals surface area contributed by atoms with Gasteiger partial charge in [0.2, 0.25) is 0 Å². The van der Waals surface area contributed by atoms with Crippen molar-refractivity contribution in [2.75, 3.05) is 0 Å².